The summed E-state index contributed by atoms with van der Waals surface area (Å²) < 4.78 is 23.2. The first-order valence-corrected chi connectivity index (χ1v) is 7.90. The Morgan fingerprint density at radius 2 is 2.00 bits per heavy atom. The molecule has 1 saturated heterocycles. The summed E-state index contributed by atoms with van der Waals surface area (Å²) in [5.41, 5.74) is 0. The van der Waals surface area contributed by atoms with Crippen molar-refractivity contribution in [2.75, 3.05) is 45.9 Å². The Kier molecular flexibility index (Phi) is 6.61. The number of nitrogens with zero attached hydrogens (tertiary/aromatic N) is 1. The molecule has 1 aromatic rings. The van der Waals surface area contributed by atoms with Crippen molar-refractivity contribution in [1.82, 2.24) is 4.90 Å². The van der Waals surface area contributed by atoms with Gasteiger partial charge in [0.05, 0.1) is 32.8 Å². The van der Waals surface area contributed by atoms with E-state index in [0.717, 1.165) is 13.1 Å². The number of carbonyl (C=O) groups is 1. The molecule has 6 nitrogen and oxygen atoms in total. The number of ether oxygens (including phenoxy) is 2. The standard InChI is InChI=1S/C16H23FN2O4/c1-2-22-16(21)19-9-7-18(8-10-19)11-14(20)12-23-15-5-3-13(17)4-6-15/h3-6,14,20H,2,7-12H2,1H3/p+1/t14-/m1/s1. The first-order chi connectivity index (χ1) is 11.1. The first-order valence-electron chi connectivity index (χ1n) is 7.90. The minimum atomic E-state index is -0.607. The predicted molar refractivity (Wildman–Crippen MR) is 82.1 cm³/mol. The number of aliphatic hydroxyl groups is 1. The van der Waals surface area contributed by atoms with Crippen molar-refractivity contribution < 1.29 is 28.7 Å². The second-order valence-electron chi connectivity index (χ2n) is 5.56. The molecule has 23 heavy (non-hydrogen) atoms. The van der Waals surface area contributed by atoms with E-state index in [2.05, 4.69) is 0 Å². The highest BCUT2D eigenvalue weighted by atomic mass is 19.1. The lowest BCUT2D eigenvalue weighted by molar-refractivity contribution is -0.907. The van der Waals surface area contributed by atoms with Gasteiger partial charge in [0.1, 0.15) is 30.8 Å². The summed E-state index contributed by atoms with van der Waals surface area (Å²) in [4.78, 5) is 14.5. The highest BCUT2D eigenvalue weighted by Gasteiger charge is 2.26. The van der Waals surface area contributed by atoms with Crippen LogP contribution in [0.1, 0.15) is 6.92 Å². The SMILES string of the molecule is CCOC(=O)N1CC[NH+](C[C@@H](O)COc2ccc(F)cc2)CC1. The van der Waals surface area contributed by atoms with Crippen LogP contribution in [-0.2, 0) is 4.74 Å². The number of rotatable bonds is 6. The molecule has 0 unspecified atom stereocenters. The number of hydrogen-bond donors (Lipinski definition) is 2. The molecular formula is C16H24FN2O4+. The molecule has 0 aromatic heterocycles. The molecule has 2 rings (SSSR count). The highest BCUT2D eigenvalue weighted by molar-refractivity contribution is 5.67. The molecule has 7 heteroatoms. The fourth-order valence-corrected chi connectivity index (χ4v) is 2.54. The smallest absolute Gasteiger partial charge is 0.410 e. The maximum absolute atomic E-state index is 12.8. The largest absolute Gasteiger partial charge is 0.491 e. The molecule has 0 bridgehead atoms. The third-order valence-electron chi connectivity index (χ3n) is 3.78. The quantitative estimate of drug-likeness (QED) is 0.767. The lowest BCUT2D eigenvalue weighted by Gasteiger charge is -2.32. The van der Waals surface area contributed by atoms with Gasteiger partial charge in [-0.2, -0.15) is 0 Å². The van der Waals surface area contributed by atoms with Crippen molar-refractivity contribution in [2.45, 2.75) is 13.0 Å². The summed E-state index contributed by atoms with van der Waals surface area (Å²) in [6.45, 7) is 5.68. The van der Waals surface area contributed by atoms with Crippen molar-refractivity contribution in [3.63, 3.8) is 0 Å². The predicted octanol–water partition coefficient (Wildman–Crippen LogP) is -0.0776. The van der Waals surface area contributed by atoms with Gasteiger partial charge in [-0.3, -0.25) is 4.90 Å². The van der Waals surface area contributed by atoms with E-state index < -0.39 is 6.10 Å². The maximum Gasteiger partial charge on any atom is 0.410 e. The van der Waals surface area contributed by atoms with Gasteiger partial charge in [0.15, 0.2) is 0 Å². The van der Waals surface area contributed by atoms with E-state index in [0.29, 0.717) is 32.0 Å². The zero-order valence-corrected chi connectivity index (χ0v) is 13.3. The third kappa shape index (κ3) is 5.69. The van der Waals surface area contributed by atoms with Gasteiger partial charge in [0.25, 0.3) is 0 Å². The van der Waals surface area contributed by atoms with Crippen molar-refractivity contribution in [3.05, 3.63) is 30.1 Å². The molecule has 0 aliphatic carbocycles. The molecule has 128 valence electrons. The lowest BCUT2D eigenvalue weighted by atomic mass is 10.2. The molecule has 1 aromatic carbocycles. The Morgan fingerprint density at radius 1 is 1.35 bits per heavy atom. The van der Waals surface area contributed by atoms with Crippen LogP contribution in [0, 0.1) is 5.82 Å². The molecule has 1 amide bonds. The number of benzene rings is 1. The number of carbonyl (C=O) groups excluding carboxylic acids is 1. The molecule has 1 aliphatic heterocycles. The van der Waals surface area contributed by atoms with Gasteiger partial charge in [0, 0.05) is 0 Å². The number of nitrogens with one attached hydrogen (secondary N) is 1. The summed E-state index contributed by atoms with van der Waals surface area (Å²) in [6, 6.07) is 5.71. The van der Waals surface area contributed by atoms with Gasteiger partial charge >= 0.3 is 6.09 Å². The second-order valence-corrected chi connectivity index (χ2v) is 5.56. The molecule has 1 atom stereocenters. The fraction of sp³-hybridized carbons (Fsp3) is 0.562. The zero-order valence-electron chi connectivity index (χ0n) is 13.3. The summed E-state index contributed by atoms with van der Waals surface area (Å²) >= 11 is 0. The lowest BCUT2D eigenvalue weighted by Crippen LogP contribution is -3.16. The second kappa shape index (κ2) is 8.69. The Labute approximate surface area is 135 Å². The number of hydrogen-bond acceptors (Lipinski definition) is 4. The minimum Gasteiger partial charge on any atom is -0.491 e. The van der Waals surface area contributed by atoms with Crippen LogP contribution < -0.4 is 9.64 Å². The topological polar surface area (TPSA) is 63.4 Å². The van der Waals surface area contributed by atoms with Gasteiger partial charge in [-0.25, -0.2) is 9.18 Å². The van der Waals surface area contributed by atoms with Crippen molar-refractivity contribution in [2.24, 2.45) is 0 Å². The van der Waals surface area contributed by atoms with Crippen LogP contribution in [0.5, 0.6) is 5.75 Å². The van der Waals surface area contributed by atoms with Crippen molar-refractivity contribution in [3.8, 4) is 5.75 Å². The van der Waals surface area contributed by atoms with Crippen LogP contribution >= 0.6 is 0 Å². The van der Waals surface area contributed by atoms with Crippen LogP contribution in [0.15, 0.2) is 24.3 Å². The van der Waals surface area contributed by atoms with E-state index in [4.69, 9.17) is 9.47 Å². The van der Waals surface area contributed by atoms with Gasteiger partial charge in [-0.15, -0.1) is 0 Å². The number of halogens is 1. The number of aliphatic hydroxyl groups excluding tert-OH is 1. The number of amides is 1. The van der Waals surface area contributed by atoms with Gasteiger partial charge in [-0.1, -0.05) is 0 Å². The molecule has 0 spiro atoms. The average molecular weight is 327 g/mol. The van der Waals surface area contributed by atoms with Gasteiger partial charge < -0.3 is 19.5 Å². The van der Waals surface area contributed by atoms with E-state index >= 15 is 0 Å². The van der Waals surface area contributed by atoms with E-state index in [1.165, 1.54) is 29.2 Å². The molecule has 1 aliphatic rings. The van der Waals surface area contributed by atoms with Crippen molar-refractivity contribution in [1.29, 1.82) is 0 Å². The van der Waals surface area contributed by atoms with Crippen LogP contribution in [-0.4, -0.2) is 68.1 Å². The summed E-state index contributed by atoms with van der Waals surface area (Å²) in [6.07, 6.45) is -0.879. The molecule has 0 saturated carbocycles. The summed E-state index contributed by atoms with van der Waals surface area (Å²) in [7, 11) is 0. The number of piperazine rings is 1. The zero-order chi connectivity index (χ0) is 16.7. The molecule has 2 N–H and O–H groups in total. The Bertz CT molecular complexity index is 489. The molecule has 1 heterocycles. The average Bonchev–Trinajstić information content (AvgIpc) is 2.55. The van der Waals surface area contributed by atoms with Crippen LogP contribution in [0.25, 0.3) is 0 Å². The Balaban J connectivity index is 1.67. The minimum absolute atomic E-state index is 0.163. The van der Waals surface area contributed by atoms with E-state index in [1.54, 1.807) is 11.8 Å². The monoisotopic (exact) mass is 327 g/mol. The highest BCUT2D eigenvalue weighted by Crippen LogP contribution is 2.11. The third-order valence-corrected chi connectivity index (χ3v) is 3.78. The first kappa shape index (κ1) is 17.5. The molecular weight excluding hydrogens is 303 g/mol. The van der Waals surface area contributed by atoms with Gasteiger partial charge in [0.2, 0.25) is 0 Å². The fourth-order valence-electron chi connectivity index (χ4n) is 2.54. The molecule has 1 fully saturated rings. The Hall–Kier alpha value is -1.86. The van der Waals surface area contributed by atoms with E-state index in [1.807, 2.05) is 0 Å². The van der Waals surface area contributed by atoms with E-state index in [9.17, 15) is 14.3 Å². The van der Waals surface area contributed by atoms with Crippen LogP contribution in [0.3, 0.4) is 0 Å². The van der Waals surface area contributed by atoms with E-state index in [-0.39, 0.29) is 18.5 Å². The molecule has 0 radical (unpaired) electrons. The van der Waals surface area contributed by atoms with Gasteiger partial charge in [-0.05, 0) is 31.2 Å². The summed E-state index contributed by atoms with van der Waals surface area (Å²) in [5, 5.41) is 10.1. The number of quaternary nitrogens is 1. The van der Waals surface area contributed by atoms with Crippen LogP contribution in [0.2, 0.25) is 0 Å². The maximum atomic E-state index is 12.8. The summed E-state index contributed by atoms with van der Waals surface area (Å²) in [5.74, 6) is 0.217. The van der Waals surface area contributed by atoms with Crippen LogP contribution in [0.4, 0.5) is 9.18 Å². The van der Waals surface area contributed by atoms with Crippen molar-refractivity contribution >= 4 is 6.09 Å². The normalized spacial score (nSPS) is 16.9. The Morgan fingerprint density at radius 3 is 2.61 bits per heavy atom.